The van der Waals surface area contributed by atoms with E-state index in [2.05, 4.69) is 43.9 Å². The number of nitrogens with zero attached hydrogens (tertiary/aromatic N) is 5. The third-order valence-electron chi connectivity index (χ3n) is 14.6. The monoisotopic (exact) mass is 772 g/mol. The minimum absolute atomic E-state index is 0.0693. The minimum Gasteiger partial charge on any atom is -0.492 e. The van der Waals surface area contributed by atoms with Crippen LogP contribution in [-0.2, 0) is 27.0 Å². The number of halogens is 1. The third kappa shape index (κ3) is 4.95. The zero-order valence-corrected chi connectivity index (χ0v) is 32.2. The van der Waals surface area contributed by atoms with E-state index in [4.69, 9.17) is 21.3 Å². The molecule has 1 aromatic heterocycles. The van der Waals surface area contributed by atoms with Crippen molar-refractivity contribution < 1.29 is 19.1 Å². The van der Waals surface area contributed by atoms with E-state index in [1.807, 2.05) is 18.2 Å². The fourth-order valence-corrected chi connectivity index (χ4v) is 11.8. The molecule has 7 aliphatic rings. The van der Waals surface area contributed by atoms with Crippen LogP contribution in [0.5, 0.6) is 5.75 Å². The van der Waals surface area contributed by atoms with E-state index in [9.17, 15) is 19.2 Å². The molecule has 3 amide bonds. The second-order valence-electron chi connectivity index (χ2n) is 17.2. The highest BCUT2D eigenvalue weighted by atomic mass is 35.5. The van der Waals surface area contributed by atoms with Crippen LogP contribution in [0.15, 0.2) is 53.3 Å². The zero-order valence-electron chi connectivity index (χ0n) is 31.4. The van der Waals surface area contributed by atoms with Gasteiger partial charge in [0.15, 0.2) is 0 Å². The molecule has 11 nitrogen and oxygen atoms in total. The van der Waals surface area contributed by atoms with Gasteiger partial charge < -0.3 is 19.4 Å². The van der Waals surface area contributed by atoms with Crippen molar-refractivity contribution in [1.29, 1.82) is 0 Å². The van der Waals surface area contributed by atoms with Crippen molar-refractivity contribution in [3.63, 3.8) is 0 Å². The first-order valence-electron chi connectivity index (χ1n) is 20.5. The number of ether oxygens (including phenoxy) is 1. The maximum Gasteiger partial charge on any atom is 0.282 e. The Balaban J connectivity index is 0.786. The average Bonchev–Trinajstić information content (AvgIpc) is 3.83. The summed E-state index contributed by atoms with van der Waals surface area (Å²) < 4.78 is 8.67. The first kappa shape index (κ1) is 34.5. The molecule has 11 rings (SSSR count). The van der Waals surface area contributed by atoms with Crippen LogP contribution in [-0.4, -0.2) is 81.9 Å². The molecule has 2 spiro atoms. The van der Waals surface area contributed by atoms with Gasteiger partial charge in [0, 0.05) is 53.3 Å². The fourth-order valence-electron chi connectivity index (χ4n) is 11.6. The van der Waals surface area contributed by atoms with E-state index in [-0.39, 0.29) is 34.6 Å². The number of hydrogen-bond donors (Lipinski definition) is 1. The summed E-state index contributed by atoms with van der Waals surface area (Å²) in [5, 5.41) is 3.35. The number of anilines is 1. The van der Waals surface area contributed by atoms with Gasteiger partial charge in [0.25, 0.3) is 11.5 Å². The first-order valence-corrected chi connectivity index (χ1v) is 20.9. The number of nitrogens with one attached hydrogen (secondary N) is 1. The standard InChI is InChI=1S/C44H45ClN6O5/c45-32-5-4-6-34-37(32)40(54)47-42-44(15-2-1-3-16-44)31-23-27(7-10-33(31)51(34)42)48-19-13-26(14-20-48)49-21-17-43(18-22-49)25-56-38-29-24-50(35-11-12-36(52)46-39(35)53)41(55)28(29)8-9-30(38)43/h4-10,23,26,35H,1-3,11-22,24-25H2,(H,46,52,53)/t35-/m0/s1. The molecule has 0 unspecified atom stereocenters. The van der Waals surface area contributed by atoms with Gasteiger partial charge in [0.05, 0.1) is 40.2 Å². The molecular weight excluding hydrogens is 728 g/mol. The Labute approximate surface area is 329 Å². The molecule has 0 bridgehead atoms. The smallest absolute Gasteiger partial charge is 0.282 e. The predicted octanol–water partition coefficient (Wildman–Crippen LogP) is 5.76. The summed E-state index contributed by atoms with van der Waals surface area (Å²) in [5.74, 6) is 0.884. The van der Waals surface area contributed by atoms with Gasteiger partial charge in [-0.1, -0.05) is 43.0 Å². The van der Waals surface area contributed by atoms with Crippen molar-refractivity contribution in [2.24, 2.45) is 0 Å². The molecule has 288 valence electrons. The molecule has 6 aliphatic heterocycles. The largest absolute Gasteiger partial charge is 0.492 e. The molecule has 7 heterocycles. The van der Waals surface area contributed by atoms with Crippen LogP contribution < -0.4 is 20.5 Å². The van der Waals surface area contributed by atoms with Crippen LogP contribution in [0.4, 0.5) is 5.69 Å². The Morgan fingerprint density at radius 1 is 0.857 bits per heavy atom. The van der Waals surface area contributed by atoms with E-state index < -0.39 is 11.9 Å². The number of carbonyl (C=O) groups excluding carboxylic acids is 3. The SMILES string of the molecule is O=C1CC[C@H](N2Cc3c(ccc4c3OCC43CCN(C4CCN(c5ccc6c(c5)C5(CCCCC5)c5nc(=O)c7c(Cl)cccc7n5-6)CC4)CC3)C2=O)C(=O)N1. The van der Waals surface area contributed by atoms with Gasteiger partial charge in [0.1, 0.15) is 17.6 Å². The summed E-state index contributed by atoms with van der Waals surface area (Å²) in [4.78, 5) is 62.8. The molecule has 56 heavy (non-hydrogen) atoms. The number of carbonyl (C=O) groups is 3. The van der Waals surface area contributed by atoms with Crippen molar-refractivity contribution in [2.45, 2.75) is 100 Å². The predicted molar refractivity (Wildman–Crippen MR) is 212 cm³/mol. The summed E-state index contributed by atoms with van der Waals surface area (Å²) in [5.41, 5.74) is 6.67. The fraction of sp³-hybridized carbons (Fsp3) is 0.477. The number of fused-ring (bicyclic) bond motifs is 11. The second kappa shape index (κ2) is 12.6. The summed E-state index contributed by atoms with van der Waals surface area (Å²) in [7, 11) is 0. The Morgan fingerprint density at radius 3 is 2.45 bits per heavy atom. The highest BCUT2D eigenvalue weighted by Crippen LogP contribution is 2.53. The average molecular weight is 773 g/mol. The number of aromatic nitrogens is 2. The van der Waals surface area contributed by atoms with E-state index >= 15 is 0 Å². The topological polar surface area (TPSA) is 117 Å². The van der Waals surface area contributed by atoms with E-state index in [1.165, 1.54) is 23.2 Å². The maximum atomic E-state index is 13.4. The second-order valence-corrected chi connectivity index (χ2v) is 17.7. The molecule has 1 N–H and O–H groups in total. The quantitative estimate of drug-likeness (QED) is 0.262. The molecule has 1 saturated carbocycles. The van der Waals surface area contributed by atoms with E-state index in [0.717, 1.165) is 106 Å². The first-order chi connectivity index (χ1) is 27.2. The highest BCUT2D eigenvalue weighted by Gasteiger charge is 2.49. The Hall–Kier alpha value is -4.74. The number of likely N-dealkylation sites (tertiary alicyclic amines) is 1. The summed E-state index contributed by atoms with van der Waals surface area (Å²) in [6, 6.07) is 16.6. The molecular formula is C44H45ClN6O5. The van der Waals surface area contributed by atoms with Crippen molar-refractivity contribution in [3.8, 4) is 11.4 Å². The van der Waals surface area contributed by atoms with Crippen LogP contribution in [0.1, 0.15) is 104 Å². The molecule has 4 fully saturated rings. The van der Waals surface area contributed by atoms with E-state index in [1.54, 1.807) is 11.0 Å². The number of piperidine rings is 3. The van der Waals surface area contributed by atoms with Gasteiger partial charge in [-0.3, -0.25) is 29.1 Å². The lowest BCUT2D eigenvalue weighted by molar-refractivity contribution is -0.136. The Kier molecular flexibility index (Phi) is 7.78. The number of benzene rings is 3. The van der Waals surface area contributed by atoms with Gasteiger partial charge in [0.2, 0.25) is 11.8 Å². The summed E-state index contributed by atoms with van der Waals surface area (Å²) >= 11 is 6.57. The van der Waals surface area contributed by atoms with Crippen LogP contribution in [0.3, 0.4) is 0 Å². The van der Waals surface area contributed by atoms with Crippen molar-refractivity contribution in [3.05, 3.63) is 92.0 Å². The number of imide groups is 1. The molecule has 3 aromatic carbocycles. The molecule has 1 atom stereocenters. The van der Waals surface area contributed by atoms with Gasteiger partial charge >= 0.3 is 0 Å². The summed E-state index contributed by atoms with van der Waals surface area (Å²) in [6.45, 7) is 4.97. The van der Waals surface area contributed by atoms with Crippen LogP contribution in [0.25, 0.3) is 16.6 Å². The lowest BCUT2D eigenvalue weighted by Gasteiger charge is -2.45. The Morgan fingerprint density at radius 2 is 1.66 bits per heavy atom. The minimum atomic E-state index is -0.632. The van der Waals surface area contributed by atoms with Crippen molar-refractivity contribution >= 4 is 45.9 Å². The number of hydrogen-bond acceptors (Lipinski definition) is 8. The molecule has 12 heteroatoms. The molecule has 3 saturated heterocycles. The molecule has 1 aliphatic carbocycles. The van der Waals surface area contributed by atoms with E-state index in [0.29, 0.717) is 41.6 Å². The molecule has 4 aromatic rings. The lowest BCUT2D eigenvalue weighted by atomic mass is 9.69. The van der Waals surface area contributed by atoms with Crippen LogP contribution >= 0.6 is 11.6 Å². The van der Waals surface area contributed by atoms with Gasteiger partial charge in [-0.2, -0.15) is 4.98 Å². The Bertz CT molecular complexity index is 2420. The van der Waals surface area contributed by atoms with Gasteiger partial charge in [-0.25, -0.2) is 0 Å². The zero-order chi connectivity index (χ0) is 37.9. The highest BCUT2D eigenvalue weighted by molar-refractivity contribution is 6.35. The van der Waals surface area contributed by atoms with Crippen LogP contribution in [0, 0.1) is 0 Å². The van der Waals surface area contributed by atoms with Crippen molar-refractivity contribution in [1.82, 2.24) is 24.7 Å². The summed E-state index contributed by atoms with van der Waals surface area (Å²) in [6.07, 6.45) is 10.3. The van der Waals surface area contributed by atoms with Gasteiger partial charge in [-0.05, 0) is 100.0 Å². The lowest BCUT2D eigenvalue weighted by Crippen LogP contribution is -2.52. The van der Waals surface area contributed by atoms with Gasteiger partial charge in [-0.15, -0.1) is 0 Å². The normalized spacial score (nSPS) is 24.0. The number of amides is 3. The van der Waals surface area contributed by atoms with Crippen molar-refractivity contribution in [2.75, 3.05) is 37.7 Å². The molecule has 0 radical (unpaired) electrons. The third-order valence-corrected chi connectivity index (χ3v) is 14.9. The maximum absolute atomic E-state index is 13.4. The number of rotatable bonds is 3. The van der Waals surface area contributed by atoms with Crippen LogP contribution in [0.2, 0.25) is 5.02 Å².